The molecule has 1 aliphatic carbocycles. The van der Waals surface area contributed by atoms with Crippen molar-refractivity contribution >= 4 is 23.8 Å². The van der Waals surface area contributed by atoms with E-state index in [1.807, 2.05) is 14.0 Å². The Morgan fingerprint density at radius 1 is 1.34 bits per heavy atom. The number of likely N-dealkylation sites (N-methyl/N-ethyl adjacent to an activating group) is 1. The van der Waals surface area contributed by atoms with Gasteiger partial charge in [0.05, 0.1) is 11.3 Å². The van der Waals surface area contributed by atoms with Gasteiger partial charge in [-0.15, -0.1) is 0 Å². The molecular weight excluding hydrogens is 364 g/mol. The number of allylic oxidation sites excluding steroid dienone is 5. The zero-order valence-electron chi connectivity index (χ0n) is 17.1. The molecule has 1 aliphatic rings. The second kappa shape index (κ2) is 9.84. The van der Waals surface area contributed by atoms with Crippen LogP contribution in [-0.4, -0.2) is 46.3 Å². The number of hydrogen-bond donors (Lipinski definition) is 4. The Labute approximate surface area is 171 Å². The van der Waals surface area contributed by atoms with Gasteiger partial charge in [-0.2, -0.15) is 0 Å². The van der Waals surface area contributed by atoms with E-state index in [-0.39, 0.29) is 17.5 Å². The summed E-state index contributed by atoms with van der Waals surface area (Å²) in [4.78, 5) is 20.6. The molecule has 0 spiro atoms. The fourth-order valence-corrected chi connectivity index (χ4v) is 2.71. The van der Waals surface area contributed by atoms with Crippen molar-refractivity contribution in [3.05, 3.63) is 66.4 Å². The quantitative estimate of drug-likeness (QED) is 0.263. The minimum Gasteiger partial charge on any atom is -0.379 e. The van der Waals surface area contributed by atoms with Gasteiger partial charge < -0.3 is 21.5 Å². The largest absolute Gasteiger partial charge is 0.379 e. The molecule has 0 radical (unpaired) electrons. The lowest BCUT2D eigenvalue weighted by Crippen LogP contribution is -2.36. The Bertz CT molecular complexity index is 868. The lowest BCUT2D eigenvalue weighted by molar-refractivity contribution is -0.109. The number of carbonyl (C=O) groups excluding carboxylic acids is 1. The van der Waals surface area contributed by atoms with Crippen molar-refractivity contribution in [3.63, 3.8) is 0 Å². The van der Waals surface area contributed by atoms with Crippen molar-refractivity contribution in [2.24, 2.45) is 5.92 Å². The highest BCUT2D eigenvalue weighted by Gasteiger charge is 2.51. The lowest BCUT2D eigenvalue weighted by atomic mass is 9.94. The average Bonchev–Trinajstić information content (AvgIpc) is 3.44. The van der Waals surface area contributed by atoms with Gasteiger partial charge in [-0.3, -0.25) is 4.79 Å². The lowest BCUT2D eigenvalue weighted by Gasteiger charge is -2.12. The summed E-state index contributed by atoms with van der Waals surface area (Å²) < 4.78 is 0. The van der Waals surface area contributed by atoms with Crippen LogP contribution in [0, 0.1) is 23.7 Å². The Morgan fingerprint density at radius 3 is 2.62 bits per heavy atom. The smallest absolute Gasteiger partial charge is 0.201 e. The van der Waals surface area contributed by atoms with Crippen molar-refractivity contribution < 1.29 is 4.79 Å². The highest BCUT2D eigenvalue weighted by atomic mass is 16.1. The van der Waals surface area contributed by atoms with Gasteiger partial charge in [0.25, 0.3) is 0 Å². The van der Waals surface area contributed by atoms with E-state index in [0.29, 0.717) is 11.4 Å². The SMILES string of the molecule is C=C(/C=C\C=C\c1ncc(C)cn1)C(C)C(=N)C(=O)/C=C\NC1(C=N)CC1NC. The molecule has 1 saturated carbocycles. The van der Waals surface area contributed by atoms with E-state index in [4.69, 9.17) is 10.8 Å². The van der Waals surface area contributed by atoms with Crippen LogP contribution in [0.2, 0.25) is 0 Å². The summed E-state index contributed by atoms with van der Waals surface area (Å²) in [7, 11) is 1.84. The van der Waals surface area contributed by atoms with E-state index in [0.717, 1.165) is 12.0 Å². The summed E-state index contributed by atoms with van der Waals surface area (Å²) in [6, 6.07) is 0.182. The Balaban J connectivity index is 1.85. The van der Waals surface area contributed by atoms with Crippen LogP contribution >= 0.6 is 0 Å². The molecule has 1 heterocycles. The van der Waals surface area contributed by atoms with Crippen LogP contribution in [0.4, 0.5) is 0 Å². The number of aryl methyl sites for hydroxylation is 1. The summed E-state index contributed by atoms with van der Waals surface area (Å²) in [5, 5.41) is 21.8. The third-order valence-electron chi connectivity index (χ3n) is 4.92. The van der Waals surface area contributed by atoms with E-state index in [1.165, 1.54) is 18.5 Å². The van der Waals surface area contributed by atoms with Gasteiger partial charge in [-0.1, -0.05) is 31.7 Å². The predicted octanol–water partition coefficient (Wildman–Crippen LogP) is 2.62. The zero-order valence-corrected chi connectivity index (χ0v) is 17.1. The third kappa shape index (κ3) is 5.89. The number of aromatic nitrogens is 2. The molecule has 3 unspecified atom stereocenters. The van der Waals surface area contributed by atoms with Crippen LogP contribution in [0.15, 0.2) is 55.0 Å². The number of hydrogen-bond acceptors (Lipinski definition) is 7. The molecule has 0 aliphatic heterocycles. The molecule has 0 amide bonds. The molecule has 1 fully saturated rings. The molecule has 1 aromatic heterocycles. The predicted molar refractivity (Wildman–Crippen MR) is 117 cm³/mol. The Morgan fingerprint density at radius 2 is 2.03 bits per heavy atom. The Hall–Kier alpha value is -3.19. The van der Waals surface area contributed by atoms with Crippen molar-refractivity contribution in [2.75, 3.05) is 7.05 Å². The van der Waals surface area contributed by atoms with Crippen molar-refractivity contribution in [2.45, 2.75) is 31.8 Å². The van der Waals surface area contributed by atoms with Gasteiger partial charge in [0, 0.05) is 42.8 Å². The minimum absolute atomic E-state index is 0.0339. The van der Waals surface area contributed by atoms with Crippen molar-refractivity contribution in [1.82, 2.24) is 20.6 Å². The zero-order chi connectivity index (χ0) is 21.4. The van der Waals surface area contributed by atoms with Gasteiger partial charge >= 0.3 is 0 Å². The maximum absolute atomic E-state index is 12.3. The summed E-state index contributed by atoms with van der Waals surface area (Å²) >= 11 is 0. The Kier molecular flexibility index (Phi) is 7.50. The fraction of sp³-hybridized carbons (Fsp3) is 0.318. The molecule has 7 nitrogen and oxygen atoms in total. The standard InChI is InChI=1S/C22H28N6O/c1-15-12-26-20(27-13-15)8-6-5-7-16(2)17(3)21(24)18(29)9-10-28-22(14-23)11-19(22)25-4/h5-10,12-14,17,19,23-25,28H,2,11H2,1,3-4H3/b7-5-,8-6+,10-9-,23-14?,24-21?. The fourth-order valence-electron chi connectivity index (χ4n) is 2.71. The number of nitrogens with one attached hydrogen (secondary N) is 4. The van der Waals surface area contributed by atoms with E-state index >= 15 is 0 Å². The van der Waals surface area contributed by atoms with Gasteiger partial charge in [-0.25, -0.2) is 9.97 Å². The summed E-state index contributed by atoms with van der Waals surface area (Å²) in [6.45, 7) is 7.66. The summed E-state index contributed by atoms with van der Waals surface area (Å²) in [5.74, 6) is -0.182. The monoisotopic (exact) mass is 392 g/mol. The second-order valence-corrected chi connectivity index (χ2v) is 7.12. The molecule has 4 N–H and O–H groups in total. The molecule has 1 aromatic rings. The third-order valence-corrected chi connectivity index (χ3v) is 4.92. The molecule has 152 valence electrons. The normalized spacial score (nSPS) is 22.1. The maximum atomic E-state index is 12.3. The first-order valence-corrected chi connectivity index (χ1v) is 9.41. The summed E-state index contributed by atoms with van der Waals surface area (Å²) in [6.07, 6.45) is 15.6. The second-order valence-electron chi connectivity index (χ2n) is 7.12. The van der Waals surface area contributed by atoms with Crippen LogP contribution in [0.1, 0.15) is 24.7 Å². The van der Waals surface area contributed by atoms with Crippen molar-refractivity contribution in [3.8, 4) is 0 Å². The minimum atomic E-state index is -0.431. The van der Waals surface area contributed by atoms with Gasteiger partial charge in [0.1, 0.15) is 0 Å². The van der Waals surface area contributed by atoms with Crippen LogP contribution in [0.3, 0.4) is 0 Å². The highest BCUT2D eigenvalue weighted by Crippen LogP contribution is 2.33. The number of rotatable bonds is 11. The first-order chi connectivity index (χ1) is 13.8. The van der Waals surface area contributed by atoms with Crippen LogP contribution in [0.5, 0.6) is 0 Å². The molecule has 7 heteroatoms. The topological polar surface area (TPSA) is 115 Å². The van der Waals surface area contributed by atoms with Crippen LogP contribution in [-0.2, 0) is 4.79 Å². The van der Waals surface area contributed by atoms with Crippen molar-refractivity contribution in [1.29, 1.82) is 10.8 Å². The molecule has 0 saturated heterocycles. The molecular formula is C22H28N6O. The molecule has 0 aromatic carbocycles. The van der Waals surface area contributed by atoms with Crippen LogP contribution < -0.4 is 10.6 Å². The first kappa shape index (κ1) is 22.1. The van der Waals surface area contributed by atoms with Gasteiger partial charge in [0.2, 0.25) is 5.78 Å². The van der Waals surface area contributed by atoms with Gasteiger partial charge in [0.15, 0.2) is 5.82 Å². The van der Waals surface area contributed by atoms with Gasteiger partial charge in [-0.05, 0) is 37.6 Å². The van der Waals surface area contributed by atoms with Crippen LogP contribution in [0.25, 0.3) is 6.08 Å². The molecule has 3 atom stereocenters. The summed E-state index contributed by atoms with van der Waals surface area (Å²) in [5.41, 5.74) is 1.19. The maximum Gasteiger partial charge on any atom is 0.201 e. The van der Waals surface area contributed by atoms with E-state index in [1.54, 1.807) is 43.6 Å². The molecule has 0 bridgehead atoms. The van der Waals surface area contributed by atoms with E-state index in [9.17, 15) is 4.79 Å². The number of nitrogens with zero attached hydrogens (tertiary/aromatic N) is 2. The molecule has 2 rings (SSSR count). The highest BCUT2D eigenvalue weighted by molar-refractivity contribution is 6.44. The average molecular weight is 393 g/mol. The van der Waals surface area contributed by atoms with E-state index < -0.39 is 11.5 Å². The molecule has 29 heavy (non-hydrogen) atoms. The first-order valence-electron chi connectivity index (χ1n) is 9.41. The number of ketones is 1. The number of carbonyl (C=O) groups is 1. The van der Waals surface area contributed by atoms with E-state index in [2.05, 4.69) is 27.2 Å².